The third kappa shape index (κ3) is 3.33. The lowest BCUT2D eigenvalue weighted by atomic mass is 10.1. The minimum atomic E-state index is 0.502. The van der Waals surface area contributed by atoms with Gasteiger partial charge in [-0.3, -0.25) is 0 Å². The van der Waals surface area contributed by atoms with Gasteiger partial charge in [-0.1, -0.05) is 29.1 Å². The summed E-state index contributed by atoms with van der Waals surface area (Å²) in [4.78, 5) is 4.42. The molecule has 0 fully saturated rings. The molecule has 0 unspecified atom stereocenters. The molecular weight excluding hydrogens is 356 g/mol. The lowest BCUT2D eigenvalue weighted by Crippen LogP contribution is -2.02. The second-order valence-corrected chi connectivity index (χ2v) is 7.20. The van der Waals surface area contributed by atoms with E-state index in [1.165, 1.54) is 11.8 Å². The Balaban J connectivity index is 1.53. The third-order valence-electron chi connectivity index (χ3n) is 3.61. The van der Waals surface area contributed by atoms with Crippen LogP contribution in [0, 0.1) is 13.8 Å². The molecule has 25 heavy (non-hydrogen) atoms. The lowest BCUT2D eigenvalue weighted by Gasteiger charge is -2.07. The zero-order chi connectivity index (χ0) is 17.2. The van der Waals surface area contributed by atoms with E-state index in [1.54, 1.807) is 16.0 Å². The van der Waals surface area contributed by atoms with Crippen LogP contribution in [-0.4, -0.2) is 30.3 Å². The zero-order valence-electron chi connectivity index (χ0n) is 13.6. The fourth-order valence-electron chi connectivity index (χ4n) is 2.32. The first kappa shape index (κ1) is 16.0. The SMILES string of the molecule is Cc1ccc(C)c(-n2nnnc2SCc2nc(-c3ccsc3)no2)c1. The molecule has 0 spiro atoms. The van der Waals surface area contributed by atoms with E-state index in [-0.39, 0.29) is 0 Å². The highest BCUT2D eigenvalue weighted by molar-refractivity contribution is 7.98. The highest BCUT2D eigenvalue weighted by atomic mass is 32.2. The van der Waals surface area contributed by atoms with E-state index >= 15 is 0 Å². The number of hydrogen-bond acceptors (Lipinski definition) is 8. The number of rotatable bonds is 5. The van der Waals surface area contributed by atoms with Gasteiger partial charge >= 0.3 is 0 Å². The summed E-state index contributed by atoms with van der Waals surface area (Å²) >= 11 is 3.06. The summed E-state index contributed by atoms with van der Waals surface area (Å²) in [6, 6.07) is 8.16. The smallest absolute Gasteiger partial charge is 0.237 e. The van der Waals surface area contributed by atoms with Gasteiger partial charge in [0.25, 0.3) is 0 Å². The van der Waals surface area contributed by atoms with Crippen molar-refractivity contribution >= 4 is 23.1 Å². The van der Waals surface area contributed by atoms with E-state index in [4.69, 9.17) is 4.52 Å². The van der Waals surface area contributed by atoms with Crippen molar-refractivity contribution in [2.75, 3.05) is 0 Å². The Labute approximate surface area is 152 Å². The summed E-state index contributed by atoms with van der Waals surface area (Å²) in [5, 5.41) is 20.7. The number of hydrogen-bond donors (Lipinski definition) is 0. The van der Waals surface area contributed by atoms with E-state index in [9.17, 15) is 0 Å². The van der Waals surface area contributed by atoms with Gasteiger partial charge in [0.05, 0.1) is 11.4 Å². The largest absolute Gasteiger partial charge is 0.338 e. The van der Waals surface area contributed by atoms with Crippen molar-refractivity contribution in [2.24, 2.45) is 0 Å². The Kier molecular flexibility index (Phi) is 4.33. The van der Waals surface area contributed by atoms with Crippen LogP contribution in [0.1, 0.15) is 17.0 Å². The van der Waals surface area contributed by atoms with E-state index in [1.807, 2.05) is 30.7 Å². The maximum absolute atomic E-state index is 5.32. The van der Waals surface area contributed by atoms with E-state index in [0.717, 1.165) is 22.4 Å². The average molecular weight is 370 g/mol. The van der Waals surface area contributed by atoms with Crippen LogP contribution in [0.2, 0.25) is 0 Å². The van der Waals surface area contributed by atoms with Crippen molar-refractivity contribution in [1.29, 1.82) is 0 Å². The van der Waals surface area contributed by atoms with Gasteiger partial charge < -0.3 is 4.52 Å². The van der Waals surface area contributed by atoms with Gasteiger partial charge in [0, 0.05) is 10.9 Å². The molecule has 4 aromatic rings. The van der Waals surface area contributed by atoms with Gasteiger partial charge in [0.1, 0.15) is 0 Å². The molecule has 0 radical (unpaired) electrons. The van der Waals surface area contributed by atoms with E-state index in [2.05, 4.69) is 43.9 Å². The predicted molar refractivity (Wildman–Crippen MR) is 95.8 cm³/mol. The normalized spacial score (nSPS) is 11.1. The average Bonchev–Trinajstić information content (AvgIpc) is 3.36. The quantitative estimate of drug-likeness (QED) is 0.496. The van der Waals surface area contributed by atoms with Crippen LogP contribution in [0.25, 0.3) is 17.1 Å². The molecule has 0 amide bonds. The van der Waals surface area contributed by atoms with Gasteiger partial charge in [-0.2, -0.15) is 21.0 Å². The van der Waals surface area contributed by atoms with Crippen LogP contribution >= 0.6 is 23.1 Å². The molecule has 4 rings (SSSR count). The van der Waals surface area contributed by atoms with E-state index < -0.39 is 0 Å². The Morgan fingerprint density at radius 1 is 1.24 bits per heavy atom. The summed E-state index contributed by atoms with van der Waals surface area (Å²) in [7, 11) is 0. The van der Waals surface area contributed by atoms with Crippen LogP contribution < -0.4 is 0 Å². The molecule has 3 heterocycles. The van der Waals surface area contributed by atoms with Crippen LogP contribution in [0.5, 0.6) is 0 Å². The van der Waals surface area contributed by atoms with Crippen LogP contribution in [0.15, 0.2) is 44.7 Å². The van der Waals surface area contributed by atoms with Crippen LogP contribution in [0.3, 0.4) is 0 Å². The molecule has 0 N–H and O–H groups in total. The van der Waals surface area contributed by atoms with Gasteiger partial charge in [0.15, 0.2) is 0 Å². The molecule has 0 bridgehead atoms. The number of thiophene rings is 1. The summed E-state index contributed by atoms with van der Waals surface area (Å²) in [6.07, 6.45) is 0. The first-order valence-electron chi connectivity index (χ1n) is 7.54. The molecule has 3 aromatic heterocycles. The molecule has 0 atom stereocenters. The zero-order valence-corrected chi connectivity index (χ0v) is 15.2. The summed E-state index contributed by atoms with van der Waals surface area (Å²) in [5.74, 6) is 1.65. The van der Waals surface area contributed by atoms with Gasteiger partial charge in [0.2, 0.25) is 16.9 Å². The second kappa shape index (κ2) is 6.77. The molecule has 1 aromatic carbocycles. The first-order chi connectivity index (χ1) is 12.2. The highest BCUT2D eigenvalue weighted by Gasteiger charge is 2.14. The molecule has 0 aliphatic carbocycles. The minimum Gasteiger partial charge on any atom is -0.338 e. The minimum absolute atomic E-state index is 0.502. The van der Waals surface area contributed by atoms with Crippen LogP contribution in [0.4, 0.5) is 0 Å². The molecule has 0 saturated heterocycles. The van der Waals surface area contributed by atoms with Crippen molar-refractivity contribution in [1.82, 2.24) is 30.3 Å². The number of aromatic nitrogens is 6. The standard InChI is InChI=1S/C16H14N6OS2/c1-10-3-4-11(2)13(7-10)22-16(18-20-21-22)25-9-14-17-15(19-23-14)12-5-6-24-8-12/h3-8H,9H2,1-2H3. The maximum atomic E-state index is 5.32. The molecule has 126 valence electrons. The fraction of sp³-hybridized carbons (Fsp3) is 0.188. The van der Waals surface area contributed by atoms with Gasteiger partial charge in [-0.25, -0.2) is 0 Å². The Morgan fingerprint density at radius 2 is 2.16 bits per heavy atom. The van der Waals surface area contributed by atoms with Crippen molar-refractivity contribution in [3.05, 3.63) is 52.0 Å². The molecular formula is C16H14N6OS2. The van der Waals surface area contributed by atoms with Gasteiger partial charge in [-0.15, -0.1) is 5.10 Å². The number of benzene rings is 1. The Bertz CT molecular complexity index is 992. The van der Waals surface area contributed by atoms with Crippen molar-refractivity contribution in [3.63, 3.8) is 0 Å². The van der Waals surface area contributed by atoms with Crippen LogP contribution in [-0.2, 0) is 5.75 Å². The number of thioether (sulfide) groups is 1. The summed E-state index contributed by atoms with van der Waals surface area (Å²) in [6.45, 7) is 4.08. The first-order valence-corrected chi connectivity index (χ1v) is 9.47. The molecule has 7 nitrogen and oxygen atoms in total. The Morgan fingerprint density at radius 3 is 3.00 bits per heavy atom. The summed E-state index contributed by atoms with van der Waals surface area (Å²) < 4.78 is 7.06. The molecule has 0 aliphatic rings. The molecule has 9 heteroatoms. The topological polar surface area (TPSA) is 82.5 Å². The number of aryl methyl sites for hydroxylation is 2. The highest BCUT2D eigenvalue weighted by Crippen LogP contribution is 2.25. The Hall–Kier alpha value is -2.52. The second-order valence-electron chi connectivity index (χ2n) is 5.48. The molecule has 0 saturated carbocycles. The lowest BCUT2D eigenvalue weighted by molar-refractivity contribution is 0.391. The van der Waals surface area contributed by atoms with Crippen molar-refractivity contribution < 1.29 is 4.52 Å². The number of nitrogens with zero attached hydrogens (tertiary/aromatic N) is 6. The third-order valence-corrected chi connectivity index (χ3v) is 5.19. The monoisotopic (exact) mass is 370 g/mol. The summed E-state index contributed by atoms with van der Waals surface area (Å²) in [5.41, 5.74) is 4.20. The van der Waals surface area contributed by atoms with Crippen molar-refractivity contribution in [3.8, 4) is 17.1 Å². The predicted octanol–water partition coefficient (Wildman–Crippen LogP) is 3.68. The molecule has 0 aliphatic heterocycles. The maximum Gasteiger partial charge on any atom is 0.237 e. The van der Waals surface area contributed by atoms with Gasteiger partial charge in [-0.05, 0) is 52.9 Å². The van der Waals surface area contributed by atoms with E-state index in [0.29, 0.717) is 22.6 Å². The number of tetrazole rings is 1. The fourth-order valence-corrected chi connectivity index (χ4v) is 3.67. The van der Waals surface area contributed by atoms with Crippen molar-refractivity contribution in [2.45, 2.75) is 24.8 Å².